The van der Waals surface area contributed by atoms with Crippen molar-refractivity contribution in [3.63, 3.8) is 0 Å². The van der Waals surface area contributed by atoms with Crippen molar-refractivity contribution in [3.05, 3.63) is 30.3 Å². The Kier molecular flexibility index (Phi) is 5.86. The van der Waals surface area contributed by atoms with Crippen molar-refractivity contribution in [2.45, 2.75) is 31.6 Å². The molecule has 0 aromatic heterocycles. The minimum atomic E-state index is -1.65. The zero-order valence-electron chi connectivity index (χ0n) is 10.0. The van der Waals surface area contributed by atoms with Gasteiger partial charge in [0.2, 0.25) is 17.0 Å². The van der Waals surface area contributed by atoms with Gasteiger partial charge in [-0.25, -0.2) is 9.69 Å². The fourth-order valence-electron chi connectivity index (χ4n) is 1.17. The van der Waals surface area contributed by atoms with E-state index in [-0.39, 0.29) is 5.91 Å². The number of hydrogen-bond donors (Lipinski definition) is 1. The van der Waals surface area contributed by atoms with Crippen LogP contribution in [0.1, 0.15) is 26.7 Å². The van der Waals surface area contributed by atoms with Crippen molar-refractivity contribution in [3.8, 4) is 0 Å². The molecule has 0 saturated heterocycles. The summed E-state index contributed by atoms with van der Waals surface area (Å²) in [5.74, 6) is 0.0485. The zero-order valence-corrected chi connectivity index (χ0v) is 10.8. The molecule has 0 bridgehead atoms. The number of hydroxylamine groups is 1. The van der Waals surface area contributed by atoms with Gasteiger partial charge in [0.05, 0.1) is 4.90 Å². The van der Waals surface area contributed by atoms with Crippen LogP contribution in [-0.2, 0) is 20.2 Å². The van der Waals surface area contributed by atoms with E-state index in [2.05, 4.69) is 5.48 Å². The molecule has 5 heteroatoms. The van der Waals surface area contributed by atoms with E-state index in [0.29, 0.717) is 17.2 Å². The Balaban J connectivity index is 2.36. The van der Waals surface area contributed by atoms with Crippen molar-refractivity contribution in [2.75, 3.05) is 0 Å². The lowest BCUT2D eigenvalue weighted by atomic mass is 10.1. The number of carbonyl (C=O) groups excluding carboxylic acids is 1. The summed E-state index contributed by atoms with van der Waals surface area (Å²) >= 11 is -1.65. The average Bonchev–Trinajstić information content (AvgIpc) is 2.36. The first-order valence-electron chi connectivity index (χ1n) is 5.56. The monoisotopic (exact) mass is 255 g/mol. The molecule has 1 N–H and O–H groups in total. The third-order valence-electron chi connectivity index (χ3n) is 2.40. The van der Waals surface area contributed by atoms with Crippen LogP contribution < -0.4 is 5.48 Å². The summed E-state index contributed by atoms with van der Waals surface area (Å²) in [4.78, 5) is 11.9. The fourth-order valence-corrected chi connectivity index (χ4v) is 1.81. The molecule has 0 radical (unpaired) electrons. The van der Waals surface area contributed by atoms with E-state index in [9.17, 15) is 9.00 Å². The lowest BCUT2D eigenvalue weighted by Crippen LogP contribution is -2.26. The maximum atomic E-state index is 11.6. The van der Waals surface area contributed by atoms with Crippen LogP contribution in [0.25, 0.3) is 0 Å². The molecule has 0 aliphatic heterocycles. The van der Waals surface area contributed by atoms with Gasteiger partial charge < -0.3 is 0 Å². The Hall–Kier alpha value is -1.20. The Morgan fingerprint density at radius 2 is 2.06 bits per heavy atom. The Labute approximate surface area is 104 Å². The molecule has 1 aromatic rings. The van der Waals surface area contributed by atoms with Gasteiger partial charge in [-0.2, -0.15) is 4.28 Å². The second kappa shape index (κ2) is 7.19. The molecule has 1 aromatic carbocycles. The topological polar surface area (TPSA) is 55.4 Å². The summed E-state index contributed by atoms with van der Waals surface area (Å²) in [6.45, 7) is 3.99. The predicted octanol–water partition coefficient (Wildman–Crippen LogP) is 2.19. The summed E-state index contributed by atoms with van der Waals surface area (Å²) in [6.07, 6.45) is 1.30. The van der Waals surface area contributed by atoms with Gasteiger partial charge in [-0.05, 0) is 18.1 Å². The van der Waals surface area contributed by atoms with E-state index in [4.69, 9.17) is 4.28 Å². The second-order valence-corrected chi connectivity index (χ2v) is 4.98. The van der Waals surface area contributed by atoms with Gasteiger partial charge in [0, 0.05) is 6.42 Å². The van der Waals surface area contributed by atoms with Gasteiger partial charge in [0.15, 0.2) is 0 Å². The number of rotatable bonds is 6. The van der Waals surface area contributed by atoms with Crippen molar-refractivity contribution < 1.29 is 13.3 Å². The third-order valence-corrected chi connectivity index (χ3v) is 3.29. The highest BCUT2D eigenvalue weighted by molar-refractivity contribution is 7.80. The third kappa shape index (κ3) is 5.10. The molecule has 0 fully saturated rings. The van der Waals surface area contributed by atoms with Gasteiger partial charge in [0.25, 0.3) is 0 Å². The van der Waals surface area contributed by atoms with Crippen LogP contribution in [0.5, 0.6) is 0 Å². The van der Waals surface area contributed by atoms with Crippen LogP contribution in [0.3, 0.4) is 0 Å². The molecule has 17 heavy (non-hydrogen) atoms. The van der Waals surface area contributed by atoms with Gasteiger partial charge in [0.1, 0.15) is 0 Å². The van der Waals surface area contributed by atoms with Crippen LogP contribution in [0.15, 0.2) is 35.2 Å². The first-order valence-corrected chi connectivity index (χ1v) is 6.64. The molecular weight excluding hydrogens is 238 g/mol. The lowest BCUT2D eigenvalue weighted by molar-refractivity contribution is -0.128. The van der Waals surface area contributed by atoms with E-state index in [0.717, 1.165) is 6.42 Å². The molecular formula is C12H17NO3S. The van der Waals surface area contributed by atoms with Crippen molar-refractivity contribution in [2.24, 2.45) is 5.92 Å². The van der Waals surface area contributed by atoms with E-state index in [1.165, 1.54) is 0 Å². The Bertz CT molecular complexity index is 381. The zero-order chi connectivity index (χ0) is 12.7. The number of amides is 1. The quantitative estimate of drug-likeness (QED) is 0.793. The van der Waals surface area contributed by atoms with Crippen molar-refractivity contribution >= 4 is 17.0 Å². The molecule has 1 amide bonds. The van der Waals surface area contributed by atoms with Gasteiger partial charge in [-0.15, -0.1) is 0 Å². The molecule has 0 spiro atoms. The molecule has 1 rings (SSSR count). The highest BCUT2D eigenvalue weighted by atomic mass is 32.2. The fraction of sp³-hybridized carbons (Fsp3) is 0.417. The summed E-state index contributed by atoms with van der Waals surface area (Å²) < 4.78 is 16.4. The van der Waals surface area contributed by atoms with Crippen LogP contribution in [-0.4, -0.2) is 10.1 Å². The summed E-state index contributed by atoms with van der Waals surface area (Å²) in [5, 5.41) is 0. The largest absolute Gasteiger partial charge is 0.273 e. The molecule has 0 saturated carbocycles. The number of nitrogens with one attached hydrogen (secondary N) is 1. The van der Waals surface area contributed by atoms with Gasteiger partial charge in [-0.1, -0.05) is 38.5 Å². The van der Waals surface area contributed by atoms with E-state index in [1.54, 1.807) is 24.3 Å². The standard InChI is InChI=1S/C12H17NO3S/c1-3-10(2)9-12(14)13-16-17(15)11-7-5-4-6-8-11/h4-8,10H,3,9H2,1-2H3,(H,13,14). The number of carbonyl (C=O) groups is 1. The van der Waals surface area contributed by atoms with Gasteiger partial charge in [-0.3, -0.25) is 4.79 Å². The second-order valence-electron chi connectivity index (χ2n) is 3.87. The molecule has 0 aliphatic rings. The molecule has 0 aliphatic carbocycles. The first kappa shape index (κ1) is 13.9. The van der Waals surface area contributed by atoms with Crippen LogP contribution in [0, 0.1) is 5.92 Å². The van der Waals surface area contributed by atoms with Crippen LogP contribution in [0.2, 0.25) is 0 Å². The predicted molar refractivity (Wildman–Crippen MR) is 66.2 cm³/mol. The van der Waals surface area contributed by atoms with Crippen LogP contribution in [0.4, 0.5) is 0 Å². The minimum absolute atomic E-state index is 0.247. The van der Waals surface area contributed by atoms with Crippen LogP contribution >= 0.6 is 0 Å². The normalized spacial score (nSPS) is 14.0. The molecule has 0 heterocycles. The summed E-state index contributed by atoms with van der Waals surface area (Å²) in [6, 6.07) is 8.70. The summed E-state index contributed by atoms with van der Waals surface area (Å²) in [7, 11) is 0. The molecule has 2 unspecified atom stereocenters. The van der Waals surface area contributed by atoms with E-state index >= 15 is 0 Å². The van der Waals surface area contributed by atoms with E-state index < -0.39 is 11.1 Å². The number of benzene rings is 1. The smallest absolute Gasteiger partial charge is 0.244 e. The minimum Gasteiger partial charge on any atom is -0.273 e. The maximum Gasteiger partial charge on any atom is 0.244 e. The lowest BCUT2D eigenvalue weighted by Gasteiger charge is -2.08. The van der Waals surface area contributed by atoms with Crippen molar-refractivity contribution in [1.82, 2.24) is 5.48 Å². The molecule has 4 nitrogen and oxygen atoms in total. The average molecular weight is 255 g/mol. The summed E-state index contributed by atoms with van der Waals surface area (Å²) in [5.41, 5.74) is 2.21. The van der Waals surface area contributed by atoms with Gasteiger partial charge >= 0.3 is 0 Å². The highest BCUT2D eigenvalue weighted by Gasteiger charge is 2.10. The number of hydrogen-bond acceptors (Lipinski definition) is 3. The SMILES string of the molecule is CCC(C)CC(=O)NOS(=O)c1ccccc1. The maximum absolute atomic E-state index is 11.6. The first-order chi connectivity index (χ1) is 8.13. The Morgan fingerprint density at radius 3 is 2.65 bits per heavy atom. The molecule has 94 valence electrons. The highest BCUT2D eigenvalue weighted by Crippen LogP contribution is 2.07. The van der Waals surface area contributed by atoms with E-state index in [1.807, 2.05) is 19.9 Å². The molecule has 2 atom stereocenters. The Morgan fingerprint density at radius 1 is 1.41 bits per heavy atom. The van der Waals surface area contributed by atoms with Crippen molar-refractivity contribution in [1.29, 1.82) is 0 Å².